The highest BCUT2D eigenvalue weighted by Crippen LogP contribution is 2.26. The fraction of sp³-hybridized carbons (Fsp3) is 0. The number of furan rings is 1. The first-order valence-electron chi connectivity index (χ1n) is 6.76. The predicted octanol–water partition coefficient (Wildman–Crippen LogP) is 4.57. The van der Waals surface area contributed by atoms with Gasteiger partial charge in [0, 0.05) is 5.02 Å². The summed E-state index contributed by atoms with van der Waals surface area (Å²) >= 11 is 5.81. The average molecular weight is 331 g/mol. The van der Waals surface area contributed by atoms with Gasteiger partial charge in [-0.15, -0.1) is 0 Å². The molecular formula is C17H12ClFN2O2. The lowest BCUT2D eigenvalue weighted by Crippen LogP contribution is -2.12. The maximum Gasteiger partial charge on any atom is 0.291 e. The lowest BCUT2D eigenvalue weighted by Gasteiger charge is -2.07. The van der Waals surface area contributed by atoms with Crippen LogP contribution in [0, 0.1) is 5.82 Å². The van der Waals surface area contributed by atoms with Crippen molar-refractivity contribution in [1.29, 1.82) is 0 Å². The van der Waals surface area contributed by atoms with Gasteiger partial charge in [0.1, 0.15) is 11.6 Å². The highest BCUT2D eigenvalue weighted by molar-refractivity contribution is 6.31. The van der Waals surface area contributed by atoms with Crippen molar-refractivity contribution >= 4 is 28.9 Å². The van der Waals surface area contributed by atoms with Crippen LogP contribution in [0.1, 0.15) is 10.6 Å². The Morgan fingerprint density at radius 3 is 2.65 bits per heavy atom. The third-order valence-electron chi connectivity index (χ3n) is 3.23. The van der Waals surface area contributed by atoms with Gasteiger partial charge in [0.25, 0.3) is 5.91 Å². The van der Waals surface area contributed by atoms with Crippen LogP contribution in [0.2, 0.25) is 5.02 Å². The van der Waals surface area contributed by atoms with Crippen molar-refractivity contribution in [1.82, 2.24) is 0 Å². The van der Waals surface area contributed by atoms with Gasteiger partial charge in [0.05, 0.1) is 16.9 Å². The molecule has 0 aliphatic rings. The SMILES string of the molecule is Nc1cc(Cl)ccc1NC(=O)c1ccc(-c2ccccc2F)o1. The fourth-order valence-corrected chi connectivity index (χ4v) is 2.28. The molecule has 0 aliphatic heterocycles. The Bertz CT molecular complexity index is 877. The third-order valence-corrected chi connectivity index (χ3v) is 3.47. The number of nitrogens with two attached hydrogens (primary N) is 1. The second-order valence-electron chi connectivity index (χ2n) is 4.83. The summed E-state index contributed by atoms with van der Waals surface area (Å²) in [6, 6.07) is 13.9. The molecule has 3 aromatic rings. The van der Waals surface area contributed by atoms with Gasteiger partial charge in [0.2, 0.25) is 0 Å². The number of halogens is 2. The number of carbonyl (C=O) groups is 1. The smallest absolute Gasteiger partial charge is 0.291 e. The molecular weight excluding hydrogens is 319 g/mol. The van der Waals surface area contributed by atoms with Crippen molar-refractivity contribution in [3.63, 3.8) is 0 Å². The fourth-order valence-electron chi connectivity index (χ4n) is 2.10. The van der Waals surface area contributed by atoms with E-state index < -0.39 is 11.7 Å². The number of amides is 1. The summed E-state index contributed by atoms with van der Waals surface area (Å²) in [5.41, 5.74) is 6.83. The van der Waals surface area contributed by atoms with E-state index >= 15 is 0 Å². The molecule has 0 bridgehead atoms. The van der Waals surface area contributed by atoms with Crippen LogP contribution in [0.25, 0.3) is 11.3 Å². The maximum atomic E-state index is 13.7. The van der Waals surface area contributed by atoms with E-state index in [1.807, 2.05) is 0 Å². The highest BCUT2D eigenvalue weighted by Gasteiger charge is 2.15. The molecule has 1 amide bonds. The molecule has 0 aliphatic carbocycles. The quantitative estimate of drug-likeness (QED) is 0.691. The third kappa shape index (κ3) is 3.19. The van der Waals surface area contributed by atoms with Crippen LogP contribution in [-0.2, 0) is 0 Å². The van der Waals surface area contributed by atoms with Gasteiger partial charge in [0.15, 0.2) is 5.76 Å². The first-order chi connectivity index (χ1) is 11.0. The minimum atomic E-state index is -0.485. The molecule has 2 aromatic carbocycles. The molecule has 0 unspecified atom stereocenters. The van der Waals surface area contributed by atoms with E-state index in [-0.39, 0.29) is 17.1 Å². The number of anilines is 2. The number of nitrogens with one attached hydrogen (secondary N) is 1. The van der Waals surface area contributed by atoms with Crippen LogP contribution in [0.3, 0.4) is 0 Å². The van der Waals surface area contributed by atoms with Crippen molar-refractivity contribution in [2.45, 2.75) is 0 Å². The summed E-state index contributed by atoms with van der Waals surface area (Å²) in [5.74, 6) is -0.577. The van der Waals surface area contributed by atoms with Crippen LogP contribution in [0.5, 0.6) is 0 Å². The number of benzene rings is 2. The zero-order chi connectivity index (χ0) is 16.4. The summed E-state index contributed by atoms with van der Waals surface area (Å²) < 4.78 is 19.2. The van der Waals surface area contributed by atoms with Gasteiger partial charge in [-0.25, -0.2) is 4.39 Å². The molecule has 1 heterocycles. The number of hydrogen-bond donors (Lipinski definition) is 2. The van der Waals surface area contributed by atoms with Gasteiger partial charge in [-0.05, 0) is 42.5 Å². The molecule has 1 aromatic heterocycles. The lowest BCUT2D eigenvalue weighted by molar-refractivity contribution is 0.0997. The van der Waals surface area contributed by atoms with Gasteiger partial charge in [-0.2, -0.15) is 0 Å². The van der Waals surface area contributed by atoms with Crippen molar-refractivity contribution in [2.24, 2.45) is 0 Å². The predicted molar refractivity (Wildman–Crippen MR) is 87.9 cm³/mol. The number of nitrogen functional groups attached to an aromatic ring is 1. The summed E-state index contributed by atoms with van der Waals surface area (Å²) in [7, 11) is 0. The zero-order valence-corrected chi connectivity index (χ0v) is 12.6. The Morgan fingerprint density at radius 2 is 1.91 bits per heavy atom. The summed E-state index contributed by atoms with van der Waals surface area (Å²) in [6.45, 7) is 0. The first-order valence-corrected chi connectivity index (χ1v) is 7.13. The second-order valence-corrected chi connectivity index (χ2v) is 5.27. The molecule has 3 rings (SSSR count). The molecule has 0 saturated heterocycles. The van der Waals surface area contributed by atoms with E-state index in [4.69, 9.17) is 21.8 Å². The molecule has 4 nitrogen and oxygen atoms in total. The van der Waals surface area contributed by atoms with Crippen LogP contribution in [0.15, 0.2) is 59.0 Å². The van der Waals surface area contributed by atoms with Crippen molar-refractivity contribution in [3.05, 3.63) is 71.2 Å². The van der Waals surface area contributed by atoms with E-state index in [2.05, 4.69) is 5.32 Å². The Balaban J connectivity index is 1.83. The number of rotatable bonds is 3. The Labute approximate surface area is 136 Å². The average Bonchev–Trinajstić information content (AvgIpc) is 3.00. The van der Waals surface area contributed by atoms with Gasteiger partial charge >= 0.3 is 0 Å². The van der Waals surface area contributed by atoms with Gasteiger partial charge in [-0.3, -0.25) is 4.79 Å². The largest absolute Gasteiger partial charge is 0.451 e. The van der Waals surface area contributed by atoms with E-state index in [9.17, 15) is 9.18 Å². The molecule has 6 heteroatoms. The zero-order valence-electron chi connectivity index (χ0n) is 11.8. The molecule has 0 spiro atoms. The van der Waals surface area contributed by atoms with E-state index in [0.29, 0.717) is 16.4 Å². The van der Waals surface area contributed by atoms with Crippen molar-refractivity contribution in [2.75, 3.05) is 11.1 Å². The topological polar surface area (TPSA) is 68.3 Å². The van der Waals surface area contributed by atoms with Crippen molar-refractivity contribution < 1.29 is 13.6 Å². The number of carbonyl (C=O) groups excluding carboxylic acids is 1. The van der Waals surface area contributed by atoms with E-state index in [0.717, 1.165) is 0 Å². The molecule has 0 radical (unpaired) electrons. The number of hydrogen-bond acceptors (Lipinski definition) is 3. The molecule has 0 saturated carbocycles. The van der Waals surface area contributed by atoms with Crippen molar-refractivity contribution in [3.8, 4) is 11.3 Å². The van der Waals surface area contributed by atoms with Crippen LogP contribution in [0.4, 0.5) is 15.8 Å². The first kappa shape index (κ1) is 15.1. The Morgan fingerprint density at radius 1 is 1.13 bits per heavy atom. The highest BCUT2D eigenvalue weighted by atomic mass is 35.5. The monoisotopic (exact) mass is 330 g/mol. The maximum absolute atomic E-state index is 13.7. The minimum absolute atomic E-state index is 0.0533. The normalized spacial score (nSPS) is 10.5. The summed E-state index contributed by atoms with van der Waals surface area (Å²) in [4.78, 5) is 12.2. The Hall–Kier alpha value is -2.79. The van der Waals surface area contributed by atoms with Gasteiger partial charge < -0.3 is 15.5 Å². The molecule has 3 N–H and O–H groups in total. The molecule has 0 fully saturated rings. The molecule has 23 heavy (non-hydrogen) atoms. The van der Waals surface area contributed by atoms with Gasteiger partial charge in [-0.1, -0.05) is 23.7 Å². The standard InChI is InChI=1S/C17H12ClFN2O2/c18-10-5-6-14(13(20)9-10)21-17(22)16-8-7-15(23-16)11-3-1-2-4-12(11)19/h1-9H,20H2,(H,21,22). The molecule has 116 valence electrons. The minimum Gasteiger partial charge on any atom is -0.451 e. The van der Waals surface area contributed by atoms with Crippen LogP contribution in [-0.4, -0.2) is 5.91 Å². The van der Waals surface area contributed by atoms with Crippen LogP contribution < -0.4 is 11.1 Å². The van der Waals surface area contributed by atoms with E-state index in [1.54, 1.807) is 36.4 Å². The summed E-state index contributed by atoms with van der Waals surface area (Å²) in [6.07, 6.45) is 0. The summed E-state index contributed by atoms with van der Waals surface area (Å²) in [5, 5.41) is 3.10. The molecule has 0 atom stereocenters. The second kappa shape index (κ2) is 6.14. The lowest BCUT2D eigenvalue weighted by atomic mass is 10.1. The van der Waals surface area contributed by atoms with E-state index in [1.165, 1.54) is 18.2 Å². The Kier molecular flexibility index (Phi) is 4.04. The van der Waals surface area contributed by atoms with Crippen LogP contribution >= 0.6 is 11.6 Å².